The van der Waals surface area contributed by atoms with Gasteiger partial charge in [0.05, 0.1) is 12.7 Å². The van der Waals surface area contributed by atoms with Crippen LogP contribution in [0.1, 0.15) is 6.42 Å². The first-order valence-corrected chi connectivity index (χ1v) is 3.43. The lowest BCUT2D eigenvalue weighted by Gasteiger charge is -2.06. The van der Waals surface area contributed by atoms with E-state index in [1.165, 1.54) is 0 Å². The monoisotopic (exact) mass is 190 g/mol. The summed E-state index contributed by atoms with van der Waals surface area (Å²) in [6, 6.07) is 0. The molecule has 0 bridgehead atoms. The number of hydrogen-bond donors (Lipinski definition) is 4. The van der Waals surface area contributed by atoms with Crippen LogP contribution in [0.2, 0.25) is 0 Å². The van der Waals surface area contributed by atoms with Crippen LogP contribution in [0.25, 0.3) is 0 Å². The van der Waals surface area contributed by atoms with E-state index < -0.39 is 36.6 Å². The van der Waals surface area contributed by atoms with Crippen molar-refractivity contribution in [1.82, 2.24) is 0 Å². The fourth-order valence-corrected chi connectivity index (χ4v) is 0.675. The molecule has 0 fully saturated rings. The van der Waals surface area contributed by atoms with Crippen molar-refractivity contribution in [2.24, 2.45) is 0 Å². The van der Waals surface area contributed by atoms with Crippen LogP contribution in [-0.2, 0) is 9.59 Å². The van der Waals surface area contributed by atoms with Crippen molar-refractivity contribution in [2.45, 2.75) is 12.5 Å². The summed E-state index contributed by atoms with van der Waals surface area (Å²) in [6.45, 7) is -0.607. The lowest BCUT2D eigenvalue weighted by Crippen LogP contribution is -2.17. The first-order chi connectivity index (χ1) is 5.97. The van der Waals surface area contributed by atoms with Crippen molar-refractivity contribution >= 4 is 11.9 Å². The van der Waals surface area contributed by atoms with Gasteiger partial charge in [-0.15, -0.1) is 0 Å². The van der Waals surface area contributed by atoms with Gasteiger partial charge in [-0.25, -0.2) is 9.59 Å². The molecule has 0 aliphatic carbocycles. The lowest BCUT2D eigenvalue weighted by atomic mass is 10.1. The molecule has 0 saturated carbocycles. The third kappa shape index (κ3) is 4.94. The SMILES string of the molecule is O=C(O)/C=C(\CC(O)CO)C(=O)O. The maximum atomic E-state index is 10.4. The number of rotatable bonds is 5. The summed E-state index contributed by atoms with van der Waals surface area (Å²) < 4.78 is 0. The normalized spacial score (nSPS) is 13.8. The molecule has 0 aromatic carbocycles. The molecule has 0 heterocycles. The van der Waals surface area contributed by atoms with E-state index in [0.717, 1.165) is 0 Å². The van der Waals surface area contributed by atoms with Crippen LogP contribution >= 0.6 is 0 Å². The Balaban J connectivity index is 4.44. The quantitative estimate of drug-likeness (QED) is 0.406. The van der Waals surface area contributed by atoms with E-state index in [4.69, 9.17) is 20.4 Å². The number of hydrogen-bond acceptors (Lipinski definition) is 4. The zero-order valence-corrected chi connectivity index (χ0v) is 6.67. The third-order valence-corrected chi connectivity index (χ3v) is 1.24. The third-order valence-electron chi connectivity index (χ3n) is 1.24. The minimum atomic E-state index is -1.42. The van der Waals surface area contributed by atoms with Gasteiger partial charge in [0.25, 0.3) is 0 Å². The number of aliphatic carboxylic acids is 2. The summed E-state index contributed by atoms with van der Waals surface area (Å²) in [5.74, 6) is -2.82. The Morgan fingerprint density at radius 2 is 1.85 bits per heavy atom. The first-order valence-electron chi connectivity index (χ1n) is 3.43. The van der Waals surface area contributed by atoms with Crippen molar-refractivity contribution < 1.29 is 30.0 Å². The van der Waals surface area contributed by atoms with Crippen LogP contribution in [0.3, 0.4) is 0 Å². The van der Waals surface area contributed by atoms with Gasteiger partial charge in [0.15, 0.2) is 0 Å². The minimum absolute atomic E-state index is 0.391. The molecular weight excluding hydrogens is 180 g/mol. The van der Waals surface area contributed by atoms with Gasteiger partial charge < -0.3 is 20.4 Å². The Kier molecular flexibility index (Phi) is 4.71. The van der Waals surface area contributed by atoms with Gasteiger partial charge in [0.1, 0.15) is 0 Å². The van der Waals surface area contributed by atoms with Crippen LogP contribution in [0.15, 0.2) is 11.6 Å². The molecule has 1 unspecified atom stereocenters. The highest BCUT2D eigenvalue weighted by atomic mass is 16.4. The van der Waals surface area contributed by atoms with Crippen LogP contribution in [0, 0.1) is 0 Å². The average molecular weight is 190 g/mol. The molecule has 0 aliphatic heterocycles. The number of carboxylic acids is 2. The van der Waals surface area contributed by atoms with E-state index in [-0.39, 0.29) is 0 Å². The highest BCUT2D eigenvalue weighted by Gasteiger charge is 2.14. The smallest absolute Gasteiger partial charge is 0.331 e. The average Bonchev–Trinajstić information content (AvgIpc) is 2.02. The highest BCUT2D eigenvalue weighted by Crippen LogP contribution is 2.05. The summed E-state index contributed by atoms with van der Waals surface area (Å²) in [4.78, 5) is 20.5. The Morgan fingerprint density at radius 1 is 1.31 bits per heavy atom. The molecule has 4 N–H and O–H groups in total. The zero-order valence-electron chi connectivity index (χ0n) is 6.67. The van der Waals surface area contributed by atoms with Gasteiger partial charge in [0, 0.05) is 18.1 Å². The van der Waals surface area contributed by atoms with Gasteiger partial charge in [-0.05, 0) is 0 Å². The number of carboxylic acid groups (broad SMARTS) is 2. The molecule has 0 saturated heterocycles. The number of aliphatic hydroxyl groups excluding tert-OH is 2. The zero-order chi connectivity index (χ0) is 10.4. The van der Waals surface area contributed by atoms with Crippen molar-refractivity contribution in [2.75, 3.05) is 6.61 Å². The molecule has 0 rings (SSSR count). The van der Waals surface area contributed by atoms with Crippen molar-refractivity contribution in [3.8, 4) is 0 Å². The summed E-state index contributed by atoms with van der Waals surface area (Å²) in [5.41, 5.74) is -0.450. The van der Waals surface area contributed by atoms with Gasteiger partial charge in [-0.2, -0.15) is 0 Å². The fraction of sp³-hybridized carbons (Fsp3) is 0.429. The molecule has 6 nitrogen and oxygen atoms in total. The molecule has 13 heavy (non-hydrogen) atoms. The maximum absolute atomic E-state index is 10.4. The van der Waals surface area contributed by atoms with E-state index >= 15 is 0 Å². The Bertz CT molecular complexity index is 231. The van der Waals surface area contributed by atoms with Gasteiger partial charge in [0.2, 0.25) is 0 Å². The minimum Gasteiger partial charge on any atom is -0.478 e. The summed E-state index contributed by atoms with van der Waals surface area (Å²) >= 11 is 0. The van der Waals surface area contributed by atoms with Crippen LogP contribution < -0.4 is 0 Å². The summed E-state index contributed by atoms with van der Waals surface area (Å²) in [5, 5.41) is 33.9. The fourth-order valence-electron chi connectivity index (χ4n) is 0.675. The molecule has 0 aliphatic rings. The summed E-state index contributed by atoms with van der Waals surface area (Å²) in [7, 11) is 0. The largest absolute Gasteiger partial charge is 0.478 e. The van der Waals surface area contributed by atoms with Crippen LogP contribution in [0.5, 0.6) is 0 Å². The van der Waals surface area contributed by atoms with Gasteiger partial charge in [-0.1, -0.05) is 0 Å². The number of aliphatic hydroxyl groups is 2. The molecule has 74 valence electrons. The molecule has 0 aromatic heterocycles. The molecule has 0 amide bonds. The Morgan fingerprint density at radius 3 is 2.15 bits per heavy atom. The van der Waals surface area contributed by atoms with Crippen LogP contribution in [0.4, 0.5) is 0 Å². The predicted molar refractivity (Wildman–Crippen MR) is 41.1 cm³/mol. The molecular formula is C7H10O6. The standard InChI is InChI=1S/C7H10O6/c8-3-5(9)1-4(7(12)13)2-6(10)11/h2,5,8-9H,1,3H2,(H,10,11)(H,12,13)/b4-2+. The second-order valence-electron chi connectivity index (χ2n) is 2.35. The van der Waals surface area contributed by atoms with Crippen molar-refractivity contribution in [3.63, 3.8) is 0 Å². The van der Waals surface area contributed by atoms with Gasteiger partial charge >= 0.3 is 11.9 Å². The maximum Gasteiger partial charge on any atom is 0.331 e. The van der Waals surface area contributed by atoms with E-state index in [9.17, 15) is 9.59 Å². The second kappa shape index (κ2) is 5.28. The topological polar surface area (TPSA) is 115 Å². The summed E-state index contributed by atoms with van der Waals surface area (Å²) in [6.07, 6.45) is -1.15. The predicted octanol–water partition coefficient (Wildman–Crippen LogP) is -1.17. The van der Waals surface area contributed by atoms with E-state index in [0.29, 0.717) is 6.08 Å². The van der Waals surface area contributed by atoms with E-state index in [1.807, 2.05) is 0 Å². The van der Waals surface area contributed by atoms with Crippen LogP contribution in [-0.4, -0.2) is 45.1 Å². The molecule has 1 atom stereocenters. The van der Waals surface area contributed by atoms with Gasteiger partial charge in [-0.3, -0.25) is 0 Å². The lowest BCUT2D eigenvalue weighted by molar-refractivity contribution is -0.135. The molecule has 0 aromatic rings. The molecule has 0 spiro atoms. The Hall–Kier alpha value is -1.40. The molecule has 6 heteroatoms. The number of carbonyl (C=O) groups is 2. The van der Waals surface area contributed by atoms with Crippen molar-refractivity contribution in [3.05, 3.63) is 11.6 Å². The van der Waals surface area contributed by atoms with Crippen molar-refractivity contribution in [1.29, 1.82) is 0 Å². The highest BCUT2D eigenvalue weighted by molar-refractivity contribution is 5.94. The van der Waals surface area contributed by atoms with E-state index in [1.54, 1.807) is 0 Å². The van der Waals surface area contributed by atoms with E-state index in [2.05, 4.69) is 0 Å². The molecule has 0 radical (unpaired) electrons. The Labute approximate surface area is 73.7 Å². The first kappa shape index (κ1) is 11.6. The second-order valence-corrected chi connectivity index (χ2v) is 2.35.